The second-order valence-corrected chi connectivity index (χ2v) is 4.65. The van der Waals surface area contributed by atoms with Gasteiger partial charge in [0, 0.05) is 18.6 Å². The highest BCUT2D eigenvalue weighted by molar-refractivity contribution is 6.30. The molecular formula is C14H18ClN3O2. The molecule has 0 bridgehead atoms. The van der Waals surface area contributed by atoms with Gasteiger partial charge in [-0.05, 0) is 17.7 Å². The zero-order valence-corrected chi connectivity index (χ0v) is 12.1. The highest BCUT2D eigenvalue weighted by atomic mass is 35.5. The van der Waals surface area contributed by atoms with Gasteiger partial charge in [-0.2, -0.15) is 0 Å². The Morgan fingerprint density at radius 3 is 2.85 bits per heavy atom. The average Bonchev–Trinajstić information content (AvgIpc) is 2.48. The maximum atomic E-state index is 5.95. The number of hydrogen-bond acceptors (Lipinski definition) is 3. The third-order valence-corrected chi connectivity index (χ3v) is 2.94. The van der Waals surface area contributed by atoms with Crippen molar-refractivity contribution in [3.8, 4) is 0 Å². The van der Waals surface area contributed by atoms with Crippen LogP contribution in [0.1, 0.15) is 5.56 Å². The summed E-state index contributed by atoms with van der Waals surface area (Å²) < 4.78 is 10.6. The molecule has 0 unspecified atom stereocenters. The van der Waals surface area contributed by atoms with E-state index in [1.165, 1.54) is 0 Å². The van der Waals surface area contributed by atoms with E-state index in [0.717, 1.165) is 16.3 Å². The van der Waals surface area contributed by atoms with Gasteiger partial charge >= 0.3 is 0 Å². The van der Waals surface area contributed by atoms with Crippen molar-refractivity contribution < 1.29 is 9.47 Å². The Hall–Kier alpha value is -1.88. The van der Waals surface area contributed by atoms with E-state index < -0.39 is 0 Å². The molecule has 0 spiro atoms. The molecule has 0 aliphatic carbocycles. The molecule has 6 heteroatoms. The molecule has 0 saturated carbocycles. The van der Waals surface area contributed by atoms with Crippen LogP contribution in [0.5, 0.6) is 0 Å². The van der Waals surface area contributed by atoms with Crippen LogP contribution in [0.3, 0.4) is 0 Å². The molecule has 1 aromatic rings. The summed E-state index contributed by atoms with van der Waals surface area (Å²) in [4.78, 5) is 4.15. The monoisotopic (exact) mass is 295 g/mol. The van der Waals surface area contributed by atoms with Crippen LogP contribution < -0.4 is 10.6 Å². The summed E-state index contributed by atoms with van der Waals surface area (Å²) in [5, 5.41) is 7.09. The molecular weight excluding hydrogens is 278 g/mol. The van der Waals surface area contributed by atoms with E-state index in [1.54, 1.807) is 13.3 Å². The minimum atomic E-state index is 0.537. The van der Waals surface area contributed by atoms with Crippen molar-refractivity contribution in [1.82, 2.24) is 10.6 Å². The van der Waals surface area contributed by atoms with Gasteiger partial charge in [-0.15, -0.1) is 0 Å². The third kappa shape index (κ3) is 4.66. The lowest BCUT2D eigenvalue weighted by Gasteiger charge is -2.17. The molecule has 0 atom stereocenters. The highest BCUT2D eigenvalue weighted by Gasteiger charge is 2.06. The Morgan fingerprint density at radius 1 is 1.30 bits per heavy atom. The molecule has 1 heterocycles. The number of guanidine groups is 1. The van der Waals surface area contributed by atoms with E-state index in [1.807, 2.05) is 24.3 Å². The molecule has 1 aliphatic heterocycles. The molecule has 2 rings (SSSR count). The Bertz CT molecular complexity index is 503. The molecule has 20 heavy (non-hydrogen) atoms. The first-order chi connectivity index (χ1) is 9.78. The van der Waals surface area contributed by atoms with Crippen molar-refractivity contribution in [3.63, 3.8) is 0 Å². The van der Waals surface area contributed by atoms with Crippen LogP contribution in [0.2, 0.25) is 5.02 Å². The summed E-state index contributed by atoms with van der Waals surface area (Å²) in [5.41, 5.74) is 1.09. The smallest absolute Gasteiger partial charge is 0.191 e. The zero-order chi connectivity index (χ0) is 14.2. The summed E-state index contributed by atoms with van der Waals surface area (Å²) in [5.74, 6) is 1.46. The zero-order valence-electron chi connectivity index (χ0n) is 11.4. The molecule has 108 valence electrons. The van der Waals surface area contributed by atoms with Crippen LogP contribution in [0.15, 0.2) is 41.3 Å². The Labute approximate surface area is 123 Å². The molecule has 0 amide bonds. The van der Waals surface area contributed by atoms with Gasteiger partial charge in [-0.3, -0.25) is 4.99 Å². The first-order valence-electron chi connectivity index (χ1n) is 6.40. The van der Waals surface area contributed by atoms with Gasteiger partial charge in [0.25, 0.3) is 0 Å². The predicted molar refractivity (Wildman–Crippen MR) is 79.6 cm³/mol. The normalized spacial score (nSPS) is 14.9. The quantitative estimate of drug-likeness (QED) is 0.658. The van der Waals surface area contributed by atoms with Gasteiger partial charge in [0.05, 0.1) is 6.54 Å². The van der Waals surface area contributed by atoms with Crippen molar-refractivity contribution in [2.24, 2.45) is 4.99 Å². The lowest BCUT2D eigenvalue weighted by Crippen LogP contribution is -2.38. The summed E-state index contributed by atoms with van der Waals surface area (Å²) >= 11 is 5.95. The van der Waals surface area contributed by atoms with Crippen LogP contribution in [0.25, 0.3) is 0 Å². The van der Waals surface area contributed by atoms with Gasteiger partial charge in [0.2, 0.25) is 0 Å². The van der Waals surface area contributed by atoms with Gasteiger partial charge in [0.1, 0.15) is 25.2 Å². The number of ether oxygens (including phenoxy) is 2. The summed E-state index contributed by atoms with van der Waals surface area (Å²) in [6.45, 7) is 2.37. The highest BCUT2D eigenvalue weighted by Crippen LogP contribution is 2.10. The molecule has 5 nitrogen and oxygen atoms in total. The van der Waals surface area contributed by atoms with Crippen LogP contribution >= 0.6 is 11.6 Å². The average molecular weight is 296 g/mol. The van der Waals surface area contributed by atoms with Gasteiger partial charge in [-0.25, -0.2) is 0 Å². The number of hydrogen-bond donors (Lipinski definition) is 2. The molecule has 0 fully saturated rings. The van der Waals surface area contributed by atoms with E-state index in [2.05, 4.69) is 15.6 Å². The van der Waals surface area contributed by atoms with E-state index in [0.29, 0.717) is 32.3 Å². The Balaban J connectivity index is 1.79. The Morgan fingerprint density at radius 2 is 2.15 bits per heavy atom. The first-order valence-corrected chi connectivity index (χ1v) is 6.78. The van der Waals surface area contributed by atoms with Crippen LogP contribution in [-0.4, -0.2) is 32.8 Å². The van der Waals surface area contributed by atoms with E-state index in [9.17, 15) is 0 Å². The van der Waals surface area contributed by atoms with Gasteiger partial charge in [0.15, 0.2) is 5.96 Å². The second-order valence-electron chi connectivity index (χ2n) is 4.21. The van der Waals surface area contributed by atoms with Crippen LogP contribution in [-0.2, 0) is 16.0 Å². The standard InChI is InChI=1S/C14H18ClN3O2/c1-16-14(18-9-13-10-19-5-6-20-13)17-8-11-3-2-4-12(15)7-11/h2-4,7,10H,5-6,8-9H2,1H3,(H2,16,17,18). The lowest BCUT2D eigenvalue weighted by atomic mass is 10.2. The predicted octanol–water partition coefficient (Wildman–Crippen LogP) is 1.89. The fraction of sp³-hybridized carbons (Fsp3) is 0.357. The summed E-state index contributed by atoms with van der Waals surface area (Å²) in [7, 11) is 1.72. The molecule has 0 saturated heterocycles. The van der Waals surface area contributed by atoms with E-state index >= 15 is 0 Å². The number of benzene rings is 1. The van der Waals surface area contributed by atoms with Crippen molar-refractivity contribution >= 4 is 17.6 Å². The van der Waals surface area contributed by atoms with E-state index in [-0.39, 0.29) is 0 Å². The van der Waals surface area contributed by atoms with Crippen molar-refractivity contribution in [2.45, 2.75) is 6.54 Å². The fourth-order valence-electron chi connectivity index (χ4n) is 1.72. The Kier molecular flexibility index (Phi) is 5.55. The third-order valence-electron chi connectivity index (χ3n) is 2.71. The maximum Gasteiger partial charge on any atom is 0.191 e. The largest absolute Gasteiger partial charge is 0.494 e. The van der Waals surface area contributed by atoms with Gasteiger partial charge < -0.3 is 20.1 Å². The van der Waals surface area contributed by atoms with Gasteiger partial charge in [-0.1, -0.05) is 23.7 Å². The minimum Gasteiger partial charge on any atom is -0.494 e. The minimum absolute atomic E-state index is 0.537. The first kappa shape index (κ1) is 14.5. The molecule has 0 radical (unpaired) electrons. The van der Waals surface area contributed by atoms with Crippen molar-refractivity contribution in [1.29, 1.82) is 0 Å². The molecule has 1 aliphatic rings. The van der Waals surface area contributed by atoms with Crippen LogP contribution in [0, 0.1) is 0 Å². The molecule has 0 aromatic heterocycles. The van der Waals surface area contributed by atoms with Crippen molar-refractivity contribution in [2.75, 3.05) is 26.8 Å². The number of aliphatic imine (C=N–C) groups is 1. The second kappa shape index (κ2) is 7.65. The molecule has 2 N–H and O–H groups in total. The number of halogens is 1. The van der Waals surface area contributed by atoms with E-state index in [4.69, 9.17) is 21.1 Å². The topological polar surface area (TPSA) is 54.9 Å². The van der Waals surface area contributed by atoms with Crippen LogP contribution in [0.4, 0.5) is 0 Å². The molecule has 1 aromatic carbocycles. The number of nitrogens with one attached hydrogen (secondary N) is 2. The maximum absolute atomic E-state index is 5.95. The number of rotatable bonds is 4. The number of nitrogens with zero attached hydrogens (tertiary/aromatic N) is 1. The summed E-state index contributed by atoms with van der Waals surface area (Å²) in [6, 6.07) is 7.70. The summed E-state index contributed by atoms with van der Waals surface area (Å²) in [6.07, 6.45) is 1.63. The SMILES string of the molecule is CN=C(NCC1=COCCO1)NCc1cccc(Cl)c1. The lowest BCUT2D eigenvalue weighted by molar-refractivity contribution is 0.0822. The van der Waals surface area contributed by atoms with Crippen molar-refractivity contribution in [3.05, 3.63) is 46.9 Å². The fourth-order valence-corrected chi connectivity index (χ4v) is 1.94.